The Morgan fingerprint density at radius 2 is 1.68 bits per heavy atom. The minimum atomic E-state index is -4.92. The number of nitrogens with zero attached hydrogens (tertiary/aromatic N) is 7. The molecule has 47 heavy (non-hydrogen) atoms. The number of aromatic nitrogens is 6. The van der Waals surface area contributed by atoms with Crippen LogP contribution >= 0.6 is 0 Å². The number of methoxy groups -OCH3 is 1. The molecule has 1 saturated heterocycles. The van der Waals surface area contributed by atoms with Crippen molar-refractivity contribution in [3.63, 3.8) is 0 Å². The largest absolute Gasteiger partial charge is 0.497 e. The topological polar surface area (TPSA) is 129 Å². The van der Waals surface area contributed by atoms with E-state index in [9.17, 15) is 35.9 Å². The Balaban J connectivity index is 1.17. The molecule has 4 aromatic rings. The molecule has 1 aromatic carbocycles. The predicted octanol–water partition coefficient (Wildman–Crippen LogP) is 3.84. The second-order valence-corrected chi connectivity index (χ2v) is 11.0. The Morgan fingerprint density at radius 3 is 2.28 bits per heavy atom. The summed E-state index contributed by atoms with van der Waals surface area (Å²) in [4.78, 5) is 35.0. The molecule has 0 saturated carbocycles. The molecule has 0 aliphatic carbocycles. The third-order valence-corrected chi connectivity index (χ3v) is 7.59. The molecule has 3 aromatic heterocycles. The molecular formula is C29H30F6N8O4. The van der Waals surface area contributed by atoms with Crippen LogP contribution in [-0.4, -0.2) is 74.9 Å². The van der Waals surface area contributed by atoms with Crippen molar-refractivity contribution < 1.29 is 40.6 Å². The first-order valence-corrected chi connectivity index (χ1v) is 14.4. The molecule has 0 bridgehead atoms. The van der Waals surface area contributed by atoms with Gasteiger partial charge in [0.2, 0.25) is 11.9 Å². The average molecular weight is 669 g/mol. The van der Waals surface area contributed by atoms with Crippen LogP contribution in [-0.2, 0) is 28.4 Å². The minimum absolute atomic E-state index is 0.0725. The molecule has 1 aliphatic rings. The van der Waals surface area contributed by atoms with E-state index >= 15 is 0 Å². The summed E-state index contributed by atoms with van der Waals surface area (Å²) in [5.74, 6) is 0.284. The number of hydrogen-bond acceptors (Lipinski definition) is 9. The summed E-state index contributed by atoms with van der Waals surface area (Å²) in [6, 6.07) is 5.62. The van der Waals surface area contributed by atoms with Gasteiger partial charge in [0.1, 0.15) is 17.7 Å². The summed E-state index contributed by atoms with van der Waals surface area (Å²) < 4.78 is 92.8. The van der Waals surface area contributed by atoms with Crippen molar-refractivity contribution in [2.45, 2.75) is 50.7 Å². The normalized spacial score (nSPS) is 15.2. The molecule has 0 spiro atoms. The maximum atomic E-state index is 14.0. The number of alkyl halides is 6. The van der Waals surface area contributed by atoms with E-state index in [1.54, 1.807) is 29.2 Å². The van der Waals surface area contributed by atoms with Crippen LogP contribution in [0.2, 0.25) is 0 Å². The van der Waals surface area contributed by atoms with Crippen molar-refractivity contribution in [2.24, 2.45) is 0 Å². The number of carbonyl (C=O) groups excluding carboxylic acids is 1. The van der Waals surface area contributed by atoms with E-state index in [2.05, 4.69) is 25.5 Å². The number of piperidine rings is 1. The number of ether oxygens (including phenoxy) is 2. The van der Waals surface area contributed by atoms with Gasteiger partial charge in [-0.15, -0.1) is 0 Å². The molecule has 1 fully saturated rings. The molecule has 1 aliphatic heterocycles. The lowest BCUT2D eigenvalue weighted by atomic mass is 10.1. The zero-order valence-electron chi connectivity index (χ0n) is 25.2. The van der Waals surface area contributed by atoms with Gasteiger partial charge in [0, 0.05) is 31.5 Å². The van der Waals surface area contributed by atoms with E-state index in [4.69, 9.17) is 9.47 Å². The van der Waals surface area contributed by atoms with Crippen molar-refractivity contribution in [3.8, 4) is 5.75 Å². The number of carbonyl (C=O) groups is 1. The van der Waals surface area contributed by atoms with Gasteiger partial charge in [0.25, 0.3) is 5.56 Å². The summed E-state index contributed by atoms with van der Waals surface area (Å²) in [5.41, 5.74) is -2.75. The Hall–Kier alpha value is -4.74. The molecule has 12 nitrogen and oxygen atoms in total. The molecular weight excluding hydrogens is 638 g/mol. The Labute approximate surface area is 263 Å². The highest BCUT2D eigenvalue weighted by Crippen LogP contribution is 2.33. The number of anilines is 1. The van der Waals surface area contributed by atoms with Crippen LogP contribution in [0.4, 0.5) is 32.3 Å². The van der Waals surface area contributed by atoms with Crippen molar-refractivity contribution in [2.75, 3.05) is 38.3 Å². The standard InChI is InChI=1S/C29H30F6N8O4/c1-17(15-47-16-23(44)39-20-7-9-41(10-8-20)27-36-11-19(12-37-27)28(30,31)32)43-22-13-38-42(14-18-3-5-21(46-2)6-4-18)26(45)24(22)25(40-43)29(33,34)35/h3-6,11-13,17,20H,7-10,14-16H2,1-2H3,(H,39,44). The minimum Gasteiger partial charge on any atom is -0.497 e. The highest BCUT2D eigenvalue weighted by molar-refractivity contribution is 5.81. The first kappa shape index (κ1) is 33.6. The fourth-order valence-corrected chi connectivity index (χ4v) is 5.16. The van der Waals surface area contributed by atoms with E-state index in [1.807, 2.05) is 0 Å². The summed E-state index contributed by atoms with van der Waals surface area (Å²) in [5, 5.41) is 9.97. The highest BCUT2D eigenvalue weighted by atomic mass is 19.4. The van der Waals surface area contributed by atoms with Crippen LogP contribution in [0.3, 0.4) is 0 Å². The van der Waals surface area contributed by atoms with Gasteiger partial charge < -0.3 is 19.7 Å². The second-order valence-electron chi connectivity index (χ2n) is 11.0. The Bertz CT molecular complexity index is 1750. The quantitative estimate of drug-likeness (QED) is 0.251. The highest BCUT2D eigenvalue weighted by Gasteiger charge is 2.39. The molecule has 4 heterocycles. The molecule has 1 unspecified atom stereocenters. The van der Waals surface area contributed by atoms with Gasteiger partial charge in [-0.3, -0.25) is 14.3 Å². The molecule has 1 amide bonds. The maximum Gasteiger partial charge on any atom is 0.435 e. The lowest BCUT2D eigenvalue weighted by molar-refractivity contribution is -0.140. The van der Waals surface area contributed by atoms with Crippen molar-refractivity contribution >= 4 is 22.8 Å². The van der Waals surface area contributed by atoms with E-state index in [-0.39, 0.29) is 37.3 Å². The molecule has 1 N–H and O–H groups in total. The second kappa shape index (κ2) is 13.5. The monoisotopic (exact) mass is 668 g/mol. The van der Waals surface area contributed by atoms with Crippen LogP contribution in [0.1, 0.15) is 42.6 Å². The molecule has 0 radical (unpaired) electrons. The maximum absolute atomic E-state index is 14.0. The number of amides is 1. The fraction of sp³-hybridized carbons (Fsp3) is 0.448. The van der Waals surface area contributed by atoms with E-state index in [0.29, 0.717) is 37.2 Å². The number of halogens is 6. The van der Waals surface area contributed by atoms with Crippen LogP contribution in [0.15, 0.2) is 47.7 Å². The van der Waals surface area contributed by atoms with Crippen molar-refractivity contribution in [3.05, 3.63) is 70.0 Å². The SMILES string of the molecule is COc1ccc(Cn2ncc3c(c(C(F)(F)F)nn3C(C)COCC(=O)NC3CCN(c4ncc(C(F)(F)F)cn4)CC3)c2=O)cc1. The van der Waals surface area contributed by atoms with Gasteiger partial charge >= 0.3 is 12.4 Å². The number of nitrogens with one attached hydrogen (secondary N) is 1. The molecule has 18 heteroatoms. The van der Waals surface area contributed by atoms with Gasteiger partial charge in [0.05, 0.1) is 43.6 Å². The Morgan fingerprint density at radius 1 is 1.02 bits per heavy atom. The van der Waals surface area contributed by atoms with Crippen LogP contribution < -0.4 is 20.5 Å². The smallest absolute Gasteiger partial charge is 0.435 e. The van der Waals surface area contributed by atoms with Crippen LogP contribution in [0, 0.1) is 0 Å². The van der Waals surface area contributed by atoms with Gasteiger partial charge in [0.15, 0.2) is 5.69 Å². The van der Waals surface area contributed by atoms with Gasteiger partial charge in [-0.25, -0.2) is 14.6 Å². The van der Waals surface area contributed by atoms with Crippen LogP contribution in [0.25, 0.3) is 10.9 Å². The number of hydrogen-bond donors (Lipinski definition) is 1. The Kier molecular flexibility index (Phi) is 9.69. The van der Waals surface area contributed by atoms with Crippen molar-refractivity contribution in [1.82, 2.24) is 34.8 Å². The zero-order chi connectivity index (χ0) is 33.9. The van der Waals surface area contributed by atoms with E-state index in [1.165, 1.54) is 14.0 Å². The first-order valence-electron chi connectivity index (χ1n) is 14.4. The number of fused-ring (bicyclic) bond motifs is 1. The summed E-state index contributed by atoms with van der Waals surface area (Å²) in [7, 11) is 1.49. The zero-order valence-corrected chi connectivity index (χ0v) is 25.2. The summed E-state index contributed by atoms with van der Waals surface area (Å²) in [6.07, 6.45) is -5.90. The van der Waals surface area contributed by atoms with E-state index in [0.717, 1.165) is 28.0 Å². The van der Waals surface area contributed by atoms with E-state index < -0.39 is 46.5 Å². The third-order valence-electron chi connectivity index (χ3n) is 7.59. The molecule has 5 rings (SSSR count). The third kappa shape index (κ3) is 7.81. The van der Waals surface area contributed by atoms with Crippen LogP contribution in [0.5, 0.6) is 5.75 Å². The lowest BCUT2D eigenvalue weighted by Crippen LogP contribution is -2.46. The average Bonchev–Trinajstić information content (AvgIpc) is 3.44. The first-order chi connectivity index (χ1) is 22.2. The number of rotatable bonds is 10. The van der Waals surface area contributed by atoms with Crippen molar-refractivity contribution in [1.29, 1.82) is 0 Å². The fourth-order valence-electron chi connectivity index (χ4n) is 5.16. The van der Waals surface area contributed by atoms with Gasteiger partial charge in [-0.2, -0.15) is 36.5 Å². The summed E-state index contributed by atoms with van der Waals surface area (Å²) >= 11 is 0. The predicted molar refractivity (Wildman–Crippen MR) is 155 cm³/mol. The number of benzene rings is 1. The summed E-state index contributed by atoms with van der Waals surface area (Å²) in [6.45, 7) is 1.68. The van der Waals surface area contributed by atoms with Gasteiger partial charge in [-0.1, -0.05) is 12.1 Å². The lowest BCUT2D eigenvalue weighted by Gasteiger charge is -2.32. The molecule has 252 valence electrons. The van der Waals surface area contributed by atoms with Gasteiger partial charge in [-0.05, 0) is 37.5 Å². The molecule has 1 atom stereocenters.